The van der Waals surface area contributed by atoms with E-state index in [2.05, 4.69) is 15.3 Å². The van der Waals surface area contributed by atoms with Gasteiger partial charge in [0, 0.05) is 24.4 Å². The minimum Gasteiger partial charge on any atom is -0.345 e. The molecule has 0 spiro atoms. The number of rotatable bonds is 3. The van der Waals surface area contributed by atoms with Gasteiger partial charge in [-0.2, -0.15) is 0 Å². The van der Waals surface area contributed by atoms with Crippen LogP contribution in [0.4, 0.5) is 0 Å². The van der Waals surface area contributed by atoms with Gasteiger partial charge in [-0.15, -0.1) is 0 Å². The van der Waals surface area contributed by atoms with Crippen LogP contribution in [0.5, 0.6) is 0 Å². The summed E-state index contributed by atoms with van der Waals surface area (Å²) in [7, 11) is 1.96. The average Bonchev–Trinajstić information content (AvgIpc) is 2.53. The zero-order valence-electron chi connectivity index (χ0n) is 9.55. The van der Waals surface area contributed by atoms with Crippen molar-refractivity contribution in [2.75, 3.05) is 7.05 Å². The fraction of sp³-hybridized carbons (Fsp3) is 0.750. The van der Waals surface area contributed by atoms with Crippen molar-refractivity contribution in [3.05, 3.63) is 17.7 Å². The molecule has 0 radical (unpaired) electrons. The highest BCUT2D eigenvalue weighted by Crippen LogP contribution is 2.29. The smallest absolute Gasteiger partial charge is 0.109 e. The van der Waals surface area contributed by atoms with Crippen LogP contribution in [0.3, 0.4) is 0 Å². The lowest BCUT2D eigenvalue weighted by Gasteiger charge is -2.10. The third-order valence-corrected chi connectivity index (χ3v) is 3.26. The maximum Gasteiger partial charge on any atom is 0.109 e. The molecular formula is C12H21N3. The highest BCUT2D eigenvalue weighted by atomic mass is 15.0. The lowest BCUT2D eigenvalue weighted by atomic mass is 10.00. The Labute approximate surface area is 91.7 Å². The zero-order chi connectivity index (χ0) is 10.5. The van der Waals surface area contributed by atoms with Gasteiger partial charge in [0.1, 0.15) is 5.82 Å². The van der Waals surface area contributed by atoms with Crippen molar-refractivity contribution in [2.45, 2.75) is 51.0 Å². The SMILES string of the molecule is CNCc1cnc(C2CCCCCC2)[nH]1. The van der Waals surface area contributed by atoms with Gasteiger partial charge in [-0.3, -0.25) is 0 Å². The van der Waals surface area contributed by atoms with E-state index in [0.29, 0.717) is 5.92 Å². The molecule has 1 aliphatic carbocycles. The molecule has 1 aliphatic rings. The Kier molecular flexibility index (Phi) is 3.78. The van der Waals surface area contributed by atoms with E-state index in [0.717, 1.165) is 6.54 Å². The van der Waals surface area contributed by atoms with Gasteiger partial charge in [-0.05, 0) is 19.9 Å². The van der Waals surface area contributed by atoms with Gasteiger partial charge in [0.2, 0.25) is 0 Å². The molecule has 1 aromatic heterocycles. The summed E-state index contributed by atoms with van der Waals surface area (Å²) in [6, 6.07) is 0. The second-order valence-electron chi connectivity index (χ2n) is 4.51. The molecule has 2 N–H and O–H groups in total. The highest BCUT2D eigenvalue weighted by molar-refractivity contribution is 5.05. The van der Waals surface area contributed by atoms with E-state index in [9.17, 15) is 0 Å². The van der Waals surface area contributed by atoms with Gasteiger partial charge in [-0.25, -0.2) is 4.98 Å². The van der Waals surface area contributed by atoms with Crippen molar-refractivity contribution < 1.29 is 0 Å². The second-order valence-corrected chi connectivity index (χ2v) is 4.51. The molecule has 0 unspecified atom stereocenters. The van der Waals surface area contributed by atoms with E-state index in [1.54, 1.807) is 0 Å². The van der Waals surface area contributed by atoms with Gasteiger partial charge in [0.05, 0.1) is 0 Å². The van der Waals surface area contributed by atoms with Crippen LogP contribution in [0.2, 0.25) is 0 Å². The first-order valence-electron chi connectivity index (χ1n) is 6.08. The molecule has 1 saturated carbocycles. The number of H-pyrrole nitrogens is 1. The highest BCUT2D eigenvalue weighted by Gasteiger charge is 2.16. The number of nitrogens with zero attached hydrogens (tertiary/aromatic N) is 1. The van der Waals surface area contributed by atoms with Gasteiger partial charge in [0.25, 0.3) is 0 Å². The van der Waals surface area contributed by atoms with Gasteiger partial charge >= 0.3 is 0 Å². The summed E-state index contributed by atoms with van der Waals surface area (Å²) in [5.74, 6) is 1.89. The summed E-state index contributed by atoms with van der Waals surface area (Å²) >= 11 is 0. The van der Waals surface area contributed by atoms with Crippen molar-refractivity contribution in [2.24, 2.45) is 0 Å². The second kappa shape index (κ2) is 5.31. The van der Waals surface area contributed by atoms with Crippen molar-refractivity contribution >= 4 is 0 Å². The zero-order valence-corrected chi connectivity index (χ0v) is 9.55. The Morgan fingerprint density at radius 1 is 1.33 bits per heavy atom. The Balaban J connectivity index is 2.00. The van der Waals surface area contributed by atoms with Gasteiger partial charge in [0.15, 0.2) is 0 Å². The average molecular weight is 207 g/mol. The molecule has 0 aromatic carbocycles. The molecule has 0 aliphatic heterocycles. The molecule has 2 rings (SSSR count). The fourth-order valence-electron chi connectivity index (χ4n) is 2.42. The van der Waals surface area contributed by atoms with Crippen LogP contribution in [0.15, 0.2) is 6.20 Å². The van der Waals surface area contributed by atoms with E-state index in [-0.39, 0.29) is 0 Å². The van der Waals surface area contributed by atoms with Crippen LogP contribution in [-0.2, 0) is 6.54 Å². The maximum atomic E-state index is 4.50. The van der Waals surface area contributed by atoms with Crippen LogP contribution >= 0.6 is 0 Å². The van der Waals surface area contributed by atoms with Crippen LogP contribution in [0.1, 0.15) is 56.0 Å². The Morgan fingerprint density at radius 3 is 2.73 bits per heavy atom. The topological polar surface area (TPSA) is 40.7 Å². The lowest BCUT2D eigenvalue weighted by Crippen LogP contribution is -2.06. The molecule has 0 amide bonds. The Hall–Kier alpha value is -0.830. The molecule has 0 bridgehead atoms. The predicted octanol–water partition coefficient (Wildman–Crippen LogP) is 2.57. The molecular weight excluding hydrogens is 186 g/mol. The largest absolute Gasteiger partial charge is 0.345 e. The summed E-state index contributed by atoms with van der Waals surface area (Å²) in [6.07, 6.45) is 10.1. The van der Waals surface area contributed by atoms with E-state index < -0.39 is 0 Å². The third kappa shape index (κ3) is 2.81. The minimum absolute atomic E-state index is 0.679. The quantitative estimate of drug-likeness (QED) is 0.748. The molecule has 0 saturated heterocycles. The van der Waals surface area contributed by atoms with Crippen LogP contribution in [-0.4, -0.2) is 17.0 Å². The molecule has 3 heteroatoms. The van der Waals surface area contributed by atoms with Crippen LogP contribution < -0.4 is 5.32 Å². The van der Waals surface area contributed by atoms with Crippen LogP contribution in [0, 0.1) is 0 Å². The molecule has 15 heavy (non-hydrogen) atoms. The summed E-state index contributed by atoms with van der Waals surface area (Å²) in [4.78, 5) is 7.94. The first-order chi connectivity index (χ1) is 7.40. The number of imidazole rings is 1. The van der Waals surface area contributed by atoms with E-state index >= 15 is 0 Å². The fourth-order valence-corrected chi connectivity index (χ4v) is 2.42. The summed E-state index contributed by atoms with van der Waals surface area (Å²) in [5, 5.41) is 3.14. The number of aromatic amines is 1. The molecule has 1 aromatic rings. The van der Waals surface area contributed by atoms with Crippen molar-refractivity contribution in [1.29, 1.82) is 0 Å². The number of nitrogens with one attached hydrogen (secondary N) is 2. The van der Waals surface area contributed by atoms with Gasteiger partial charge < -0.3 is 10.3 Å². The molecule has 84 valence electrons. The molecule has 3 nitrogen and oxygen atoms in total. The maximum absolute atomic E-state index is 4.50. The van der Waals surface area contributed by atoms with Crippen molar-refractivity contribution in [1.82, 2.24) is 15.3 Å². The Morgan fingerprint density at radius 2 is 2.07 bits per heavy atom. The Bertz CT molecular complexity index is 285. The predicted molar refractivity (Wildman–Crippen MR) is 61.8 cm³/mol. The van der Waals surface area contributed by atoms with E-state index in [1.807, 2.05) is 13.2 Å². The molecule has 0 atom stereocenters. The standard InChI is InChI=1S/C12H21N3/c1-13-8-11-9-14-12(15-11)10-6-4-2-3-5-7-10/h9-10,13H,2-8H2,1H3,(H,14,15). The summed E-state index contributed by atoms with van der Waals surface area (Å²) < 4.78 is 0. The van der Waals surface area contributed by atoms with E-state index in [4.69, 9.17) is 0 Å². The van der Waals surface area contributed by atoms with Crippen molar-refractivity contribution in [3.8, 4) is 0 Å². The number of hydrogen-bond acceptors (Lipinski definition) is 2. The van der Waals surface area contributed by atoms with E-state index in [1.165, 1.54) is 50.0 Å². The minimum atomic E-state index is 0.679. The van der Waals surface area contributed by atoms with Crippen LogP contribution in [0.25, 0.3) is 0 Å². The van der Waals surface area contributed by atoms with Gasteiger partial charge in [-0.1, -0.05) is 25.7 Å². The first-order valence-corrected chi connectivity index (χ1v) is 6.08. The lowest BCUT2D eigenvalue weighted by molar-refractivity contribution is 0.564. The summed E-state index contributed by atoms with van der Waals surface area (Å²) in [6.45, 7) is 0.889. The molecule has 1 heterocycles. The monoisotopic (exact) mass is 207 g/mol. The number of hydrogen-bond donors (Lipinski definition) is 2. The summed E-state index contributed by atoms with van der Waals surface area (Å²) in [5.41, 5.74) is 1.21. The third-order valence-electron chi connectivity index (χ3n) is 3.26. The molecule has 1 fully saturated rings. The van der Waals surface area contributed by atoms with Crippen molar-refractivity contribution in [3.63, 3.8) is 0 Å². The number of aromatic nitrogens is 2. The first kappa shape index (κ1) is 10.7. The normalized spacial score (nSPS) is 19.0.